The number of nitrogens with one attached hydrogen (secondary N) is 5. The standard InChI is InChI=1S/C43H57N5O8/c1-8-28-22(3)32-19-34-24(5)30(12-13-38(52)53)41(47-34)31(18-39(54)56-7)42-40(43(55)44-16-14-26(50)10-11-27(51)15-17-49)25(6)35(48-42)21-37-29(9-2)23(4)33(46-37)20-36(28)45-32/h19-21,24,30,32,42,45-49H,8-18H2,1-7H3,(H,44,55)(H,52,53)/b34-19-,35-21-,36-20-,41-31-. The van der Waals surface area contributed by atoms with E-state index in [1.165, 1.54) is 18.3 Å². The van der Waals surface area contributed by atoms with Crippen molar-refractivity contribution in [3.63, 3.8) is 0 Å². The second kappa shape index (κ2) is 18.2. The number of carboxylic acids is 1. The molecule has 0 radical (unpaired) electrons. The second-order valence-electron chi connectivity index (χ2n) is 15.1. The molecule has 5 rings (SSSR count). The van der Waals surface area contributed by atoms with Crippen LogP contribution >= 0.6 is 0 Å². The first kappa shape index (κ1) is 42.0. The molecule has 302 valence electrons. The molecule has 5 heterocycles. The van der Waals surface area contributed by atoms with Crippen LogP contribution in [0, 0.1) is 18.8 Å². The maximum Gasteiger partial charge on any atom is 0.309 e. The number of Topliss-reactive ketones (excluding diaryl/α,β-unsaturated/α-hetero) is 2. The largest absolute Gasteiger partial charge is 0.481 e. The van der Waals surface area contributed by atoms with Gasteiger partial charge in [0.1, 0.15) is 11.6 Å². The zero-order chi connectivity index (χ0) is 40.8. The van der Waals surface area contributed by atoms with Crippen LogP contribution in [0.1, 0.15) is 109 Å². The van der Waals surface area contributed by atoms with E-state index in [4.69, 9.17) is 9.84 Å². The number of rotatable bonds is 16. The first-order valence-corrected chi connectivity index (χ1v) is 19.7. The van der Waals surface area contributed by atoms with Crippen LogP contribution in [-0.2, 0) is 35.1 Å². The Labute approximate surface area is 328 Å². The Morgan fingerprint density at radius 1 is 0.893 bits per heavy atom. The minimum absolute atomic E-state index is 0.00197. The molecule has 4 unspecified atom stereocenters. The highest BCUT2D eigenvalue weighted by Gasteiger charge is 2.42. The molecule has 1 saturated heterocycles. The van der Waals surface area contributed by atoms with Crippen molar-refractivity contribution in [2.75, 3.05) is 20.3 Å². The van der Waals surface area contributed by atoms with Gasteiger partial charge in [0.2, 0.25) is 5.91 Å². The number of ether oxygens (including phenoxy) is 1. The van der Waals surface area contributed by atoms with Gasteiger partial charge in [0.05, 0.1) is 25.6 Å². The number of methoxy groups -OCH3 is 1. The predicted octanol–water partition coefficient (Wildman–Crippen LogP) is 4.80. The van der Waals surface area contributed by atoms with Gasteiger partial charge in [0.15, 0.2) is 0 Å². The lowest BCUT2D eigenvalue weighted by atomic mass is 9.83. The summed E-state index contributed by atoms with van der Waals surface area (Å²) in [4.78, 5) is 67.7. The zero-order valence-electron chi connectivity index (χ0n) is 33.7. The van der Waals surface area contributed by atoms with Crippen molar-refractivity contribution in [3.8, 4) is 0 Å². The highest BCUT2D eigenvalue weighted by atomic mass is 16.5. The zero-order valence-corrected chi connectivity index (χ0v) is 33.7. The summed E-state index contributed by atoms with van der Waals surface area (Å²) in [5.74, 6) is -2.70. The number of aromatic nitrogens is 1. The Morgan fingerprint density at radius 3 is 2.23 bits per heavy atom. The molecular formula is C43H57N5O8. The summed E-state index contributed by atoms with van der Waals surface area (Å²) < 4.78 is 5.20. The van der Waals surface area contributed by atoms with E-state index < -0.39 is 23.9 Å². The van der Waals surface area contributed by atoms with Crippen LogP contribution in [0.15, 0.2) is 56.7 Å². The molecule has 13 nitrogen and oxygen atoms in total. The van der Waals surface area contributed by atoms with Crippen LogP contribution < -0.4 is 21.3 Å². The molecule has 1 aromatic heterocycles. The van der Waals surface area contributed by atoms with E-state index >= 15 is 0 Å². The van der Waals surface area contributed by atoms with Crippen LogP contribution in [0.3, 0.4) is 0 Å². The number of aromatic amines is 1. The number of carbonyl (C=O) groups excluding carboxylic acids is 4. The number of carbonyl (C=O) groups is 5. The lowest BCUT2D eigenvalue weighted by Crippen LogP contribution is -2.38. The lowest BCUT2D eigenvalue weighted by Gasteiger charge is -2.25. The first-order valence-electron chi connectivity index (χ1n) is 19.7. The van der Waals surface area contributed by atoms with Crippen LogP contribution in [0.5, 0.6) is 0 Å². The fourth-order valence-corrected chi connectivity index (χ4v) is 8.47. The van der Waals surface area contributed by atoms with Gasteiger partial charge >= 0.3 is 11.9 Å². The van der Waals surface area contributed by atoms with Crippen molar-refractivity contribution >= 4 is 41.6 Å². The lowest BCUT2D eigenvalue weighted by molar-refractivity contribution is -0.140. The van der Waals surface area contributed by atoms with Gasteiger partial charge in [0, 0.05) is 96.8 Å². The molecule has 13 heteroatoms. The highest BCUT2D eigenvalue weighted by molar-refractivity contribution is 5.99. The number of amides is 1. The molecule has 1 amide bonds. The van der Waals surface area contributed by atoms with Crippen LogP contribution in [0.25, 0.3) is 12.2 Å². The minimum Gasteiger partial charge on any atom is -0.481 e. The summed E-state index contributed by atoms with van der Waals surface area (Å²) in [5, 5.41) is 32.7. The average molecular weight is 772 g/mol. The molecule has 1 fully saturated rings. The molecule has 0 spiro atoms. The monoisotopic (exact) mass is 771 g/mol. The minimum atomic E-state index is -0.931. The number of allylic oxidation sites excluding steroid dienone is 4. The average Bonchev–Trinajstić information content (AvgIpc) is 3.84. The number of ketones is 2. The quantitative estimate of drug-likeness (QED) is 0.114. The summed E-state index contributed by atoms with van der Waals surface area (Å²) in [6.45, 7) is 12.2. The first-order chi connectivity index (χ1) is 26.7. The number of aliphatic hydroxyl groups is 1. The van der Waals surface area contributed by atoms with Crippen molar-refractivity contribution in [3.05, 3.63) is 79.2 Å². The molecule has 8 bridgehead atoms. The Balaban J connectivity index is 1.67. The van der Waals surface area contributed by atoms with E-state index in [1.807, 2.05) is 13.0 Å². The maximum absolute atomic E-state index is 14.3. The number of aliphatic hydroxyl groups excluding tert-OH is 1. The van der Waals surface area contributed by atoms with E-state index in [0.717, 1.165) is 46.8 Å². The fraction of sp³-hybridized carbons (Fsp3) is 0.512. The van der Waals surface area contributed by atoms with Crippen molar-refractivity contribution in [1.29, 1.82) is 0 Å². The number of H-pyrrole nitrogens is 1. The molecule has 4 aliphatic rings. The number of aliphatic carboxylic acids is 1. The van der Waals surface area contributed by atoms with Crippen molar-refractivity contribution < 1.29 is 38.9 Å². The third kappa shape index (κ3) is 8.93. The van der Waals surface area contributed by atoms with Crippen LogP contribution in [0.4, 0.5) is 0 Å². The van der Waals surface area contributed by atoms with Crippen LogP contribution in [-0.4, -0.2) is 77.0 Å². The molecule has 0 saturated carbocycles. The van der Waals surface area contributed by atoms with E-state index in [-0.39, 0.29) is 81.1 Å². The van der Waals surface area contributed by atoms with Gasteiger partial charge in [-0.25, -0.2) is 0 Å². The Hall–Kier alpha value is -5.17. The second-order valence-corrected chi connectivity index (χ2v) is 15.1. The summed E-state index contributed by atoms with van der Waals surface area (Å²) in [7, 11) is 1.31. The molecule has 56 heavy (non-hydrogen) atoms. The van der Waals surface area contributed by atoms with Crippen molar-refractivity contribution in [2.24, 2.45) is 11.8 Å². The number of carboxylic acid groups (broad SMARTS) is 1. The fourth-order valence-electron chi connectivity index (χ4n) is 8.47. The van der Waals surface area contributed by atoms with E-state index in [0.29, 0.717) is 34.5 Å². The van der Waals surface area contributed by atoms with Gasteiger partial charge in [-0.05, 0) is 91.7 Å². The molecule has 4 atom stereocenters. The number of esters is 1. The van der Waals surface area contributed by atoms with Gasteiger partial charge in [0.25, 0.3) is 0 Å². The summed E-state index contributed by atoms with van der Waals surface area (Å²) >= 11 is 0. The smallest absolute Gasteiger partial charge is 0.309 e. The van der Waals surface area contributed by atoms with Gasteiger partial charge in [-0.3, -0.25) is 24.0 Å². The Morgan fingerprint density at radius 2 is 1.59 bits per heavy atom. The third-order valence-corrected chi connectivity index (χ3v) is 11.7. The maximum atomic E-state index is 14.3. The number of hydrogen-bond acceptors (Lipinski definition) is 10. The molecule has 4 aliphatic heterocycles. The van der Waals surface area contributed by atoms with Gasteiger partial charge in [-0.2, -0.15) is 0 Å². The summed E-state index contributed by atoms with van der Waals surface area (Å²) in [5.41, 5.74) is 11.4. The van der Waals surface area contributed by atoms with Crippen molar-refractivity contribution in [1.82, 2.24) is 26.3 Å². The summed E-state index contributed by atoms with van der Waals surface area (Å²) in [6, 6.07) is -0.931. The molecule has 0 aromatic carbocycles. The van der Waals surface area contributed by atoms with E-state index in [9.17, 15) is 29.1 Å². The topological polar surface area (TPSA) is 199 Å². The van der Waals surface area contributed by atoms with E-state index in [1.54, 1.807) is 0 Å². The normalized spacial score (nSPS) is 25.6. The Kier molecular flexibility index (Phi) is 13.6. The molecule has 1 aromatic rings. The van der Waals surface area contributed by atoms with Gasteiger partial charge in [-0.15, -0.1) is 0 Å². The SMILES string of the molecule is CCC1=C(C)C2/C=C3\N/C(=C(/CC(=O)OC)C4N/C(=C\c5[nH]c(c(C)c5CC)/C=C/1N2)C(C)=C4C(=O)NCCC(=O)CCC(=O)CCO)C(CCC(=O)O)C3C. The summed E-state index contributed by atoms with van der Waals surface area (Å²) in [6.07, 6.45) is 8.03. The molecular weight excluding hydrogens is 715 g/mol. The predicted molar refractivity (Wildman–Crippen MR) is 213 cm³/mol. The molecule has 7 N–H and O–H groups in total. The van der Waals surface area contributed by atoms with Gasteiger partial charge in [-0.1, -0.05) is 20.8 Å². The van der Waals surface area contributed by atoms with Crippen LogP contribution in [0.2, 0.25) is 0 Å². The molecule has 0 aliphatic carbocycles. The highest BCUT2D eigenvalue weighted by Crippen LogP contribution is 2.43. The van der Waals surface area contributed by atoms with Crippen molar-refractivity contribution in [2.45, 2.75) is 111 Å². The Bertz CT molecular complexity index is 1980. The number of hydrogen-bond donors (Lipinski definition) is 7. The van der Waals surface area contributed by atoms with E-state index in [2.05, 4.69) is 73.0 Å². The van der Waals surface area contributed by atoms with Gasteiger partial charge < -0.3 is 41.2 Å². The number of fused-ring (bicyclic) bond motifs is 8. The third-order valence-electron chi connectivity index (χ3n) is 11.7.